The molecule has 0 bridgehead atoms. The SMILES string of the molecule is Cc1ccc(N2CCC(NC(=O)[C@@H]3CC[C@H](C(=O)O)C3)C2=O)cc1. The Kier molecular flexibility index (Phi) is 4.55. The normalized spacial score (nSPS) is 26.6. The topological polar surface area (TPSA) is 86.7 Å². The molecule has 2 N–H and O–H groups in total. The van der Waals surface area contributed by atoms with Crippen molar-refractivity contribution in [3.05, 3.63) is 29.8 Å². The van der Waals surface area contributed by atoms with Gasteiger partial charge in [-0.25, -0.2) is 0 Å². The van der Waals surface area contributed by atoms with E-state index in [1.165, 1.54) is 0 Å². The molecule has 1 saturated carbocycles. The number of rotatable bonds is 4. The monoisotopic (exact) mass is 330 g/mol. The number of nitrogens with zero attached hydrogens (tertiary/aromatic N) is 1. The molecule has 6 heteroatoms. The highest BCUT2D eigenvalue weighted by Crippen LogP contribution is 2.31. The van der Waals surface area contributed by atoms with Crippen LogP contribution in [0.25, 0.3) is 0 Å². The van der Waals surface area contributed by atoms with Crippen LogP contribution in [-0.2, 0) is 14.4 Å². The first kappa shape index (κ1) is 16.5. The summed E-state index contributed by atoms with van der Waals surface area (Å²) in [5, 5.41) is 11.8. The van der Waals surface area contributed by atoms with Crippen molar-refractivity contribution in [2.75, 3.05) is 11.4 Å². The van der Waals surface area contributed by atoms with E-state index in [1.807, 2.05) is 31.2 Å². The lowest BCUT2D eigenvalue weighted by molar-refractivity contribution is -0.141. The smallest absolute Gasteiger partial charge is 0.306 e. The lowest BCUT2D eigenvalue weighted by Gasteiger charge is -2.18. The van der Waals surface area contributed by atoms with Gasteiger partial charge in [0.2, 0.25) is 11.8 Å². The van der Waals surface area contributed by atoms with Gasteiger partial charge in [-0.05, 0) is 44.7 Å². The minimum absolute atomic E-state index is 0.0972. The van der Waals surface area contributed by atoms with Crippen LogP contribution < -0.4 is 10.2 Å². The molecule has 2 fully saturated rings. The fourth-order valence-electron chi connectivity index (χ4n) is 3.53. The fraction of sp³-hybridized carbons (Fsp3) is 0.500. The van der Waals surface area contributed by atoms with Gasteiger partial charge in [-0.2, -0.15) is 0 Å². The Hall–Kier alpha value is -2.37. The van der Waals surface area contributed by atoms with E-state index >= 15 is 0 Å². The highest BCUT2D eigenvalue weighted by atomic mass is 16.4. The molecule has 24 heavy (non-hydrogen) atoms. The highest BCUT2D eigenvalue weighted by Gasteiger charge is 2.38. The van der Waals surface area contributed by atoms with Crippen molar-refractivity contribution in [2.24, 2.45) is 11.8 Å². The average molecular weight is 330 g/mol. The van der Waals surface area contributed by atoms with Crippen molar-refractivity contribution in [2.45, 2.75) is 38.6 Å². The van der Waals surface area contributed by atoms with Crippen LogP contribution >= 0.6 is 0 Å². The van der Waals surface area contributed by atoms with Crippen LogP contribution in [0.5, 0.6) is 0 Å². The molecular weight excluding hydrogens is 308 g/mol. The van der Waals surface area contributed by atoms with E-state index < -0.39 is 17.9 Å². The third-order valence-electron chi connectivity index (χ3n) is 5.02. The number of carbonyl (C=O) groups is 3. The maximum atomic E-state index is 12.5. The van der Waals surface area contributed by atoms with Gasteiger partial charge in [-0.1, -0.05) is 17.7 Å². The second kappa shape index (κ2) is 6.63. The molecule has 1 saturated heterocycles. The van der Waals surface area contributed by atoms with E-state index in [9.17, 15) is 14.4 Å². The van der Waals surface area contributed by atoms with E-state index in [2.05, 4.69) is 5.32 Å². The van der Waals surface area contributed by atoms with E-state index in [0.717, 1.165) is 11.3 Å². The quantitative estimate of drug-likeness (QED) is 0.880. The minimum atomic E-state index is -0.840. The summed E-state index contributed by atoms with van der Waals surface area (Å²) in [6.07, 6.45) is 2.05. The van der Waals surface area contributed by atoms with Gasteiger partial charge in [0.1, 0.15) is 6.04 Å². The Balaban J connectivity index is 1.59. The lowest BCUT2D eigenvalue weighted by Crippen LogP contribution is -2.43. The molecule has 6 nitrogen and oxygen atoms in total. The predicted molar refractivity (Wildman–Crippen MR) is 88.5 cm³/mol. The number of benzene rings is 1. The summed E-state index contributed by atoms with van der Waals surface area (Å²) in [5.41, 5.74) is 1.97. The van der Waals surface area contributed by atoms with E-state index in [-0.39, 0.29) is 17.7 Å². The Labute approximate surface area is 140 Å². The Morgan fingerprint density at radius 2 is 1.79 bits per heavy atom. The van der Waals surface area contributed by atoms with Crippen LogP contribution in [0.3, 0.4) is 0 Å². The Morgan fingerprint density at radius 1 is 1.12 bits per heavy atom. The molecule has 1 aromatic rings. The molecule has 128 valence electrons. The van der Waals surface area contributed by atoms with Crippen molar-refractivity contribution >= 4 is 23.5 Å². The van der Waals surface area contributed by atoms with Gasteiger partial charge in [0.05, 0.1) is 5.92 Å². The second-order valence-corrected chi connectivity index (χ2v) is 6.72. The van der Waals surface area contributed by atoms with Gasteiger partial charge in [0.15, 0.2) is 0 Å². The molecule has 1 aliphatic heterocycles. The van der Waals surface area contributed by atoms with E-state index in [1.54, 1.807) is 4.90 Å². The second-order valence-electron chi connectivity index (χ2n) is 6.72. The number of aliphatic carboxylic acids is 1. The number of amides is 2. The zero-order valence-electron chi connectivity index (χ0n) is 13.7. The molecule has 1 aliphatic carbocycles. The van der Waals surface area contributed by atoms with Crippen molar-refractivity contribution < 1.29 is 19.5 Å². The van der Waals surface area contributed by atoms with Crippen LogP contribution in [0.15, 0.2) is 24.3 Å². The fourth-order valence-corrected chi connectivity index (χ4v) is 3.53. The molecule has 1 aromatic carbocycles. The van der Waals surface area contributed by atoms with Gasteiger partial charge < -0.3 is 15.3 Å². The van der Waals surface area contributed by atoms with Gasteiger partial charge in [0, 0.05) is 18.2 Å². The van der Waals surface area contributed by atoms with E-state index in [0.29, 0.717) is 32.2 Å². The summed E-state index contributed by atoms with van der Waals surface area (Å²) in [5.74, 6) is -1.87. The minimum Gasteiger partial charge on any atom is -0.481 e. The van der Waals surface area contributed by atoms with Crippen LogP contribution in [-0.4, -0.2) is 35.5 Å². The summed E-state index contributed by atoms with van der Waals surface area (Å²) < 4.78 is 0. The van der Waals surface area contributed by atoms with Crippen molar-refractivity contribution in [1.82, 2.24) is 5.32 Å². The molecule has 0 radical (unpaired) electrons. The number of carboxylic acid groups (broad SMARTS) is 1. The van der Waals surface area contributed by atoms with Gasteiger partial charge in [-0.15, -0.1) is 0 Å². The number of nitrogens with one attached hydrogen (secondary N) is 1. The van der Waals surface area contributed by atoms with Crippen LogP contribution in [0.2, 0.25) is 0 Å². The van der Waals surface area contributed by atoms with Crippen LogP contribution in [0.1, 0.15) is 31.2 Å². The Morgan fingerprint density at radius 3 is 2.42 bits per heavy atom. The molecular formula is C18H22N2O4. The average Bonchev–Trinajstić information content (AvgIpc) is 3.17. The first-order valence-electron chi connectivity index (χ1n) is 8.37. The number of carboxylic acids is 1. The van der Waals surface area contributed by atoms with Crippen molar-refractivity contribution in [3.63, 3.8) is 0 Å². The third kappa shape index (κ3) is 3.27. The third-order valence-corrected chi connectivity index (χ3v) is 5.02. The molecule has 1 unspecified atom stereocenters. The van der Waals surface area contributed by atoms with E-state index in [4.69, 9.17) is 5.11 Å². The zero-order valence-corrected chi connectivity index (χ0v) is 13.7. The molecule has 0 spiro atoms. The zero-order chi connectivity index (χ0) is 17.3. The number of hydrogen-bond donors (Lipinski definition) is 2. The summed E-state index contributed by atoms with van der Waals surface area (Å²) in [4.78, 5) is 37.6. The largest absolute Gasteiger partial charge is 0.481 e. The number of hydrogen-bond acceptors (Lipinski definition) is 3. The Bertz CT molecular complexity index is 655. The molecule has 2 amide bonds. The van der Waals surface area contributed by atoms with Gasteiger partial charge in [0.25, 0.3) is 0 Å². The predicted octanol–water partition coefficient (Wildman–Crippen LogP) is 1.72. The first-order valence-corrected chi connectivity index (χ1v) is 8.37. The van der Waals surface area contributed by atoms with Gasteiger partial charge in [-0.3, -0.25) is 14.4 Å². The number of carbonyl (C=O) groups excluding carboxylic acids is 2. The van der Waals surface area contributed by atoms with Crippen LogP contribution in [0, 0.1) is 18.8 Å². The number of anilines is 1. The molecule has 1 heterocycles. The standard InChI is InChI=1S/C18H22N2O4/c1-11-2-6-14(7-3-11)20-9-8-15(17(20)22)19-16(21)12-4-5-13(10-12)18(23)24/h2-3,6-7,12-13,15H,4-5,8-10H2,1H3,(H,19,21)(H,23,24)/t12-,13+,15?/m1/s1. The summed E-state index contributed by atoms with van der Waals surface area (Å²) in [6, 6.07) is 7.22. The summed E-state index contributed by atoms with van der Waals surface area (Å²) >= 11 is 0. The highest BCUT2D eigenvalue weighted by molar-refractivity contribution is 6.01. The lowest BCUT2D eigenvalue weighted by atomic mass is 10.0. The maximum absolute atomic E-state index is 12.5. The molecule has 2 aliphatic rings. The summed E-state index contributed by atoms with van der Waals surface area (Å²) in [6.45, 7) is 2.57. The van der Waals surface area contributed by atoms with Crippen molar-refractivity contribution in [1.29, 1.82) is 0 Å². The maximum Gasteiger partial charge on any atom is 0.306 e. The molecule has 0 aromatic heterocycles. The number of aryl methyl sites for hydroxylation is 1. The van der Waals surface area contributed by atoms with Crippen LogP contribution in [0.4, 0.5) is 5.69 Å². The van der Waals surface area contributed by atoms with Gasteiger partial charge >= 0.3 is 5.97 Å². The molecule has 3 rings (SSSR count). The first-order chi connectivity index (χ1) is 11.5. The summed E-state index contributed by atoms with van der Waals surface area (Å²) in [7, 11) is 0. The van der Waals surface area contributed by atoms with Crippen molar-refractivity contribution in [3.8, 4) is 0 Å². The molecule has 3 atom stereocenters.